The number of carbonyl (C=O) groups excluding carboxylic acids is 1. The van der Waals surface area contributed by atoms with Crippen LogP contribution in [0.3, 0.4) is 0 Å². The fourth-order valence-corrected chi connectivity index (χ4v) is 2.04. The third kappa shape index (κ3) is 3.42. The van der Waals surface area contributed by atoms with Crippen molar-refractivity contribution < 1.29 is 14.3 Å². The Morgan fingerprint density at radius 3 is 2.57 bits per heavy atom. The van der Waals surface area contributed by atoms with Crippen molar-refractivity contribution in [1.82, 2.24) is 0 Å². The van der Waals surface area contributed by atoms with Crippen LogP contribution in [0.25, 0.3) is 6.08 Å². The van der Waals surface area contributed by atoms with Crippen LogP contribution in [-0.2, 0) is 4.79 Å². The summed E-state index contributed by atoms with van der Waals surface area (Å²) in [7, 11) is 0. The number of nitrogens with one attached hydrogen (secondary N) is 1. The summed E-state index contributed by atoms with van der Waals surface area (Å²) in [6, 6.07) is 15.0. The Bertz CT molecular complexity index is 665. The highest BCUT2D eigenvalue weighted by Crippen LogP contribution is 2.32. The minimum atomic E-state index is -0.185. The highest BCUT2D eigenvalue weighted by Gasteiger charge is 2.12. The van der Waals surface area contributed by atoms with Crippen molar-refractivity contribution in [3.05, 3.63) is 60.2 Å². The minimum absolute atomic E-state index is 0.185. The predicted octanol–water partition coefficient (Wildman–Crippen LogP) is 3.11. The molecule has 1 N–H and O–H groups in total. The quantitative estimate of drug-likeness (QED) is 0.879. The van der Waals surface area contributed by atoms with Gasteiger partial charge in [-0.2, -0.15) is 0 Å². The molecule has 2 aromatic rings. The molecule has 0 saturated heterocycles. The molecule has 0 aromatic heterocycles. The van der Waals surface area contributed by atoms with E-state index in [1.54, 1.807) is 24.3 Å². The monoisotopic (exact) mass is 281 g/mol. The number of benzene rings is 2. The van der Waals surface area contributed by atoms with Crippen LogP contribution in [0.2, 0.25) is 0 Å². The fraction of sp³-hybridized carbons (Fsp3) is 0.118. The molecule has 1 aliphatic heterocycles. The van der Waals surface area contributed by atoms with Crippen molar-refractivity contribution in [1.29, 1.82) is 0 Å². The molecule has 1 amide bonds. The summed E-state index contributed by atoms with van der Waals surface area (Å²) in [6.07, 6.45) is 3.28. The number of rotatable bonds is 3. The maximum atomic E-state index is 11.9. The van der Waals surface area contributed by atoms with Gasteiger partial charge in [-0.15, -0.1) is 0 Å². The second kappa shape index (κ2) is 6.13. The zero-order chi connectivity index (χ0) is 14.5. The van der Waals surface area contributed by atoms with Gasteiger partial charge in [0.1, 0.15) is 13.2 Å². The first kappa shape index (κ1) is 13.2. The number of hydrogen-bond acceptors (Lipinski definition) is 3. The van der Waals surface area contributed by atoms with E-state index in [9.17, 15) is 4.79 Å². The Kier molecular flexibility index (Phi) is 3.87. The van der Waals surface area contributed by atoms with Crippen molar-refractivity contribution in [2.75, 3.05) is 18.5 Å². The predicted molar refractivity (Wildman–Crippen MR) is 81.5 cm³/mol. The average molecular weight is 281 g/mol. The molecule has 1 heterocycles. The van der Waals surface area contributed by atoms with Gasteiger partial charge in [0, 0.05) is 17.8 Å². The molecule has 0 aliphatic carbocycles. The van der Waals surface area contributed by atoms with Crippen LogP contribution < -0.4 is 14.8 Å². The molecule has 0 saturated carbocycles. The maximum absolute atomic E-state index is 11.9. The van der Waals surface area contributed by atoms with E-state index in [-0.39, 0.29) is 5.91 Å². The number of ether oxygens (including phenoxy) is 2. The van der Waals surface area contributed by atoms with E-state index >= 15 is 0 Å². The van der Waals surface area contributed by atoms with Crippen molar-refractivity contribution in [2.45, 2.75) is 0 Å². The van der Waals surface area contributed by atoms with Crippen molar-refractivity contribution in [3.63, 3.8) is 0 Å². The molecule has 2 aromatic carbocycles. The van der Waals surface area contributed by atoms with E-state index in [1.165, 1.54) is 6.08 Å². The highest BCUT2D eigenvalue weighted by atomic mass is 16.6. The smallest absolute Gasteiger partial charge is 0.248 e. The van der Waals surface area contributed by atoms with Gasteiger partial charge in [0.15, 0.2) is 11.5 Å². The number of hydrogen-bond donors (Lipinski definition) is 1. The van der Waals surface area contributed by atoms with Crippen molar-refractivity contribution in [3.8, 4) is 11.5 Å². The molecular weight excluding hydrogens is 266 g/mol. The standard InChI is InChI=1S/C17H15NO3/c19-17(9-6-13-4-2-1-3-5-13)18-14-7-8-15-16(12-14)21-11-10-20-15/h1-9,12H,10-11H2,(H,18,19)/b9-6-. The molecule has 21 heavy (non-hydrogen) atoms. The van der Waals surface area contributed by atoms with Crippen molar-refractivity contribution in [2.24, 2.45) is 0 Å². The lowest BCUT2D eigenvalue weighted by atomic mass is 10.2. The summed E-state index contributed by atoms with van der Waals surface area (Å²) in [4.78, 5) is 11.9. The molecule has 4 nitrogen and oxygen atoms in total. The van der Waals surface area contributed by atoms with Crippen LogP contribution in [0, 0.1) is 0 Å². The summed E-state index contributed by atoms with van der Waals surface area (Å²) < 4.78 is 10.9. The second-order valence-electron chi connectivity index (χ2n) is 4.59. The minimum Gasteiger partial charge on any atom is -0.486 e. The number of carbonyl (C=O) groups is 1. The van der Waals surface area contributed by atoms with Gasteiger partial charge in [0.25, 0.3) is 0 Å². The van der Waals surface area contributed by atoms with Gasteiger partial charge in [-0.05, 0) is 23.8 Å². The van der Waals surface area contributed by atoms with Crippen LogP contribution in [0.1, 0.15) is 5.56 Å². The lowest BCUT2D eigenvalue weighted by Gasteiger charge is -2.18. The first-order valence-electron chi connectivity index (χ1n) is 6.75. The largest absolute Gasteiger partial charge is 0.486 e. The summed E-state index contributed by atoms with van der Waals surface area (Å²) in [6.45, 7) is 1.08. The van der Waals surface area contributed by atoms with E-state index < -0.39 is 0 Å². The summed E-state index contributed by atoms with van der Waals surface area (Å²) in [5.41, 5.74) is 1.66. The fourth-order valence-electron chi connectivity index (χ4n) is 2.04. The topological polar surface area (TPSA) is 47.6 Å². The molecule has 106 valence electrons. The molecule has 0 atom stereocenters. The molecule has 0 bridgehead atoms. The summed E-state index contributed by atoms with van der Waals surface area (Å²) >= 11 is 0. The highest BCUT2D eigenvalue weighted by molar-refractivity contribution is 6.02. The van der Waals surface area contributed by atoms with Gasteiger partial charge >= 0.3 is 0 Å². The molecule has 1 aliphatic rings. The van der Waals surface area contributed by atoms with Gasteiger partial charge in [-0.25, -0.2) is 0 Å². The lowest BCUT2D eigenvalue weighted by Crippen LogP contribution is -2.16. The Morgan fingerprint density at radius 2 is 1.76 bits per heavy atom. The summed E-state index contributed by atoms with van der Waals surface area (Å²) in [5.74, 6) is 1.18. The zero-order valence-corrected chi connectivity index (χ0v) is 11.4. The zero-order valence-electron chi connectivity index (χ0n) is 11.4. The average Bonchev–Trinajstić information content (AvgIpc) is 2.54. The number of amides is 1. The third-order valence-electron chi connectivity index (χ3n) is 3.04. The molecule has 0 fully saturated rings. The van der Waals surface area contributed by atoms with E-state index in [1.807, 2.05) is 30.3 Å². The second-order valence-corrected chi connectivity index (χ2v) is 4.59. The summed E-state index contributed by atoms with van der Waals surface area (Å²) in [5, 5.41) is 2.80. The molecule has 0 spiro atoms. The number of fused-ring (bicyclic) bond motifs is 1. The van der Waals surface area contributed by atoms with Crippen LogP contribution >= 0.6 is 0 Å². The third-order valence-corrected chi connectivity index (χ3v) is 3.04. The maximum Gasteiger partial charge on any atom is 0.248 e. The van der Waals surface area contributed by atoms with Crippen molar-refractivity contribution >= 4 is 17.7 Å². The molecule has 3 rings (SSSR count). The van der Waals surface area contributed by atoms with Gasteiger partial charge in [0.2, 0.25) is 5.91 Å². The van der Waals surface area contributed by atoms with Crippen LogP contribution in [0.4, 0.5) is 5.69 Å². The van der Waals surface area contributed by atoms with Crippen LogP contribution in [0.5, 0.6) is 11.5 Å². The Labute approximate surface area is 123 Å². The van der Waals surface area contributed by atoms with Crippen LogP contribution in [-0.4, -0.2) is 19.1 Å². The first-order chi connectivity index (χ1) is 10.3. The van der Waals surface area contributed by atoms with E-state index in [0.29, 0.717) is 30.4 Å². The molecule has 4 heteroatoms. The molecule has 0 unspecified atom stereocenters. The SMILES string of the molecule is O=C(/C=C\c1ccccc1)Nc1ccc2c(c1)OCCO2. The van der Waals surface area contributed by atoms with Gasteiger partial charge in [-0.3, -0.25) is 4.79 Å². The van der Waals surface area contributed by atoms with E-state index in [2.05, 4.69) is 5.32 Å². The van der Waals surface area contributed by atoms with Gasteiger partial charge < -0.3 is 14.8 Å². The van der Waals surface area contributed by atoms with E-state index in [0.717, 1.165) is 5.56 Å². The molecular formula is C17H15NO3. The Morgan fingerprint density at radius 1 is 1.00 bits per heavy atom. The van der Waals surface area contributed by atoms with Gasteiger partial charge in [0.05, 0.1) is 0 Å². The number of anilines is 1. The lowest BCUT2D eigenvalue weighted by molar-refractivity contribution is -0.111. The van der Waals surface area contributed by atoms with Crippen LogP contribution in [0.15, 0.2) is 54.6 Å². The first-order valence-corrected chi connectivity index (χ1v) is 6.75. The normalized spacial score (nSPS) is 13.1. The van der Waals surface area contributed by atoms with Gasteiger partial charge in [-0.1, -0.05) is 30.3 Å². The Balaban J connectivity index is 1.66. The Hall–Kier alpha value is -2.75. The van der Waals surface area contributed by atoms with E-state index in [4.69, 9.17) is 9.47 Å². The molecule has 0 radical (unpaired) electrons.